The van der Waals surface area contributed by atoms with Gasteiger partial charge in [0, 0.05) is 61.4 Å². The van der Waals surface area contributed by atoms with E-state index >= 15 is 4.39 Å². The van der Waals surface area contributed by atoms with Gasteiger partial charge in [-0.3, -0.25) is 9.69 Å². The number of fused-ring (bicyclic) bond motifs is 2. The molecule has 3 heterocycles. The number of para-hydroxylation sites is 1. The van der Waals surface area contributed by atoms with E-state index in [1.54, 1.807) is 6.07 Å². The van der Waals surface area contributed by atoms with E-state index in [0.29, 0.717) is 5.69 Å². The third-order valence-corrected chi connectivity index (χ3v) is 8.37. The van der Waals surface area contributed by atoms with Crippen LogP contribution in [0.15, 0.2) is 48.7 Å². The third-order valence-electron chi connectivity index (χ3n) is 8.37. The van der Waals surface area contributed by atoms with Gasteiger partial charge in [0.25, 0.3) is 0 Å². The van der Waals surface area contributed by atoms with Gasteiger partial charge in [0.15, 0.2) is 0 Å². The molecule has 3 aliphatic rings. The highest BCUT2D eigenvalue weighted by Crippen LogP contribution is 2.37. The number of hydrogen-bond acceptors (Lipinski definition) is 3. The van der Waals surface area contributed by atoms with Crippen molar-refractivity contribution in [3.8, 4) is 0 Å². The Kier molecular flexibility index (Phi) is 6.23. The van der Waals surface area contributed by atoms with E-state index in [2.05, 4.69) is 39.0 Å². The number of carbonyl (C=O) groups is 1. The summed E-state index contributed by atoms with van der Waals surface area (Å²) < 4.78 is 15.1. The Morgan fingerprint density at radius 3 is 2.57 bits per heavy atom. The molecular formula is C29H35FN4O. The third kappa shape index (κ3) is 4.33. The molecule has 5 nitrogen and oxygen atoms in total. The zero-order chi connectivity index (χ0) is 23.8. The van der Waals surface area contributed by atoms with E-state index in [0.717, 1.165) is 76.8 Å². The first-order valence-electron chi connectivity index (χ1n) is 13.3. The van der Waals surface area contributed by atoms with Gasteiger partial charge in [-0.25, -0.2) is 4.39 Å². The van der Waals surface area contributed by atoms with Crippen LogP contribution in [-0.4, -0.2) is 54.6 Å². The minimum absolute atomic E-state index is 0.0356. The van der Waals surface area contributed by atoms with Gasteiger partial charge in [-0.05, 0) is 55.5 Å². The summed E-state index contributed by atoms with van der Waals surface area (Å²) in [5, 5.41) is 1.27. The first-order chi connectivity index (χ1) is 17.2. The molecule has 184 valence electrons. The fraction of sp³-hybridized carbons (Fsp3) is 0.483. The number of hydrogen-bond donors (Lipinski definition) is 1. The number of nitrogens with zero attached hydrogens (tertiary/aromatic N) is 3. The predicted octanol–water partition coefficient (Wildman–Crippen LogP) is 5.36. The fourth-order valence-corrected chi connectivity index (χ4v) is 6.49. The number of amides is 1. The summed E-state index contributed by atoms with van der Waals surface area (Å²) in [5.74, 6) is -0.0604. The van der Waals surface area contributed by atoms with Crippen LogP contribution < -0.4 is 9.80 Å². The van der Waals surface area contributed by atoms with E-state index in [4.69, 9.17) is 0 Å². The average Bonchev–Trinajstić information content (AvgIpc) is 3.39. The molecule has 0 radical (unpaired) electrons. The summed E-state index contributed by atoms with van der Waals surface area (Å²) >= 11 is 0. The monoisotopic (exact) mass is 474 g/mol. The van der Waals surface area contributed by atoms with Crippen LogP contribution in [0.3, 0.4) is 0 Å². The summed E-state index contributed by atoms with van der Waals surface area (Å²) in [6, 6.07) is 13.9. The lowest BCUT2D eigenvalue weighted by Crippen LogP contribution is -2.55. The first kappa shape index (κ1) is 22.6. The van der Waals surface area contributed by atoms with E-state index < -0.39 is 0 Å². The molecule has 35 heavy (non-hydrogen) atoms. The van der Waals surface area contributed by atoms with Crippen molar-refractivity contribution in [3.63, 3.8) is 0 Å². The molecule has 2 aromatic carbocycles. The first-order valence-corrected chi connectivity index (χ1v) is 13.3. The number of carbonyl (C=O) groups excluding carboxylic acids is 1. The molecule has 1 atom stereocenters. The van der Waals surface area contributed by atoms with Gasteiger partial charge in [-0.15, -0.1) is 0 Å². The zero-order valence-corrected chi connectivity index (χ0v) is 20.4. The summed E-state index contributed by atoms with van der Waals surface area (Å²) in [5.41, 5.74) is 3.99. The number of rotatable bonds is 4. The standard InChI is InChI=1S/C29H35FN4O/c30-25-9-4-8-21-12-13-23(34(28(21)25)29(35)22-6-2-1-3-7-22)20-32-16-18-33(19-17-32)27-11-5-10-26-24(27)14-15-31-26/h4-5,8-11,14-15,22-23,31H,1-3,6-7,12-13,16-20H2. The summed E-state index contributed by atoms with van der Waals surface area (Å²) in [6.07, 6.45) is 9.04. The maximum atomic E-state index is 15.1. The molecule has 0 spiro atoms. The molecule has 3 aromatic rings. The second-order valence-electron chi connectivity index (χ2n) is 10.5. The molecule has 0 bridgehead atoms. The van der Waals surface area contributed by atoms with Crippen LogP contribution in [0.4, 0.5) is 15.8 Å². The van der Waals surface area contributed by atoms with Crippen LogP contribution >= 0.6 is 0 Å². The van der Waals surface area contributed by atoms with Crippen LogP contribution in [0, 0.1) is 11.7 Å². The molecule has 1 saturated heterocycles. The number of anilines is 2. The molecule has 1 aromatic heterocycles. The molecule has 1 unspecified atom stereocenters. The van der Waals surface area contributed by atoms with E-state index in [9.17, 15) is 4.79 Å². The van der Waals surface area contributed by atoms with Crippen LogP contribution in [-0.2, 0) is 11.2 Å². The van der Waals surface area contributed by atoms with Crippen molar-refractivity contribution in [2.45, 2.75) is 51.0 Å². The molecule has 1 saturated carbocycles. The Balaban J connectivity index is 1.19. The van der Waals surface area contributed by atoms with E-state index in [-0.39, 0.29) is 23.7 Å². The van der Waals surface area contributed by atoms with E-state index in [1.807, 2.05) is 17.2 Å². The van der Waals surface area contributed by atoms with Crippen LogP contribution in [0.2, 0.25) is 0 Å². The van der Waals surface area contributed by atoms with Crippen molar-refractivity contribution >= 4 is 28.2 Å². The number of nitrogens with one attached hydrogen (secondary N) is 1. The highest BCUT2D eigenvalue weighted by atomic mass is 19.1. The number of H-pyrrole nitrogens is 1. The molecule has 1 amide bonds. The number of piperazine rings is 1. The largest absolute Gasteiger partial charge is 0.368 e. The van der Waals surface area contributed by atoms with Gasteiger partial charge in [0.2, 0.25) is 5.91 Å². The highest BCUT2D eigenvalue weighted by Gasteiger charge is 2.38. The van der Waals surface area contributed by atoms with Crippen molar-refractivity contribution in [2.75, 3.05) is 42.5 Å². The number of aromatic amines is 1. The molecule has 2 aliphatic heterocycles. The van der Waals surface area contributed by atoms with Crippen LogP contribution in [0.5, 0.6) is 0 Å². The second-order valence-corrected chi connectivity index (χ2v) is 10.5. The minimum atomic E-state index is -0.249. The maximum absolute atomic E-state index is 15.1. The molecule has 2 fully saturated rings. The maximum Gasteiger partial charge on any atom is 0.230 e. The second kappa shape index (κ2) is 9.65. The Hall–Kier alpha value is -2.86. The highest BCUT2D eigenvalue weighted by molar-refractivity contribution is 5.97. The smallest absolute Gasteiger partial charge is 0.230 e. The Morgan fingerprint density at radius 1 is 0.943 bits per heavy atom. The number of aryl methyl sites for hydroxylation is 1. The van der Waals surface area contributed by atoms with Gasteiger partial charge >= 0.3 is 0 Å². The van der Waals surface area contributed by atoms with Crippen LogP contribution in [0.25, 0.3) is 10.9 Å². The van der Waals surface area contributed by atoms with Crippen molar-refractivity contribution < 1.29 is 9.18 Å². The lowest BCUT2D eigenvalue weighted by molar-refractivity contribution is -0.124. The lowest BCUT2D eigenvalue weighted by atomic mass is 9.86. The summed E-state index contributed by atoms with van der Waals surface area (Å²) in [7, 11) is 0. The van der Waals surface area contributed by atoms with Crippen molar-refractivity contribution in [1.29, 1.82) is 0 Å². The van der Waals surface area contributed by atoms with Crippen LogP contribution in [0.1, 0.15) is 44.1 Å². The molecule has 6 rings (SSSR count). The Labute approximate surface area is 206 Å². The number of aromatic nitrogens is 1. The van der Waals surface area contributed by atoms with Crippen molar-refractivity contribution in [2.24, 2.45) is 5.92 Å². The van der Waals surface area contributed by atoms with Gasteiger partial charge in [-0.2, -0.15) is 0 Å². The number of benzene rings is 2. The van der Waals surface area contributed by atoms with Gasteiger partial charge in [0.1, 0.15) is 5.82 Å². The fourth-order valence-electron chi connectivity index (χ4n) is 6.49. The molecular weight excluding hydrogens is 439 g/mol. The zero-order valence-electron chi connectivity index (χ0n) is 20.4. The Bertz CT molecular complexity index is 1190. The predicted molar refractivity (Wildman–Crippen MR) is 140 cm³/mol. The normalized spacial score (nSPS) is 21.9. The van der Waals surface area contributed by atoms with E-state index in [1.165, 1.54) is 29.1 Å². The average molecular weight is 475 g/mol. The molecule has 6 heteroatoms. The van der Waals surface area contributed by atoms with Gasteiger partial charge in [0.05, 0.1) is 11.7 Å². The number of halogens is 1. The quantitative estimate of drug-likeness (QED) is 0.554. The molecule has 1 aliphatic carbocycles. The molecule has 1 N–H and O–H groups in total. The van der Waals surface area contributed by atoms with Gasteiger partial charge in [-0.1, -0.05) is 37.5 Å². The van der Waals surface area contributed by atoms with Crippen molar-refractivity contribution in [1.82, 2.24) is 9.88 Å². The topological polar surface area (TPSA) is 42.6 Å². The summed E-state index contributed by atoms with van der Waals surface area (Å²) in [6.45, 7) is 4.63. The Morgan fingerprint density at radius 2 is 1.74 bits per heavy atom. The summed E-state index contributed by atoms with van der Waals surface area (Å²) in [4.78, 5) is 23.9. The SMILES string of the molecule is O=C(C1CCCCC1)N1c2c(F)cccc2CCC1CN1CCN(c2cccc3[nH]ccc23)CC1. The minimum Gasteiger partial charge on any atom is -0.368 e. The van der Waals surface area contributed by atoms with Crippen molar-refractivity contribution in [3.05, 3.63) is 60.0 Å². The van der Waals surface area contributed by atoms with Gasteiger partial charge < -0.3 is 14.8 Å². The lowest BCUT2D eigenvalue weighted by Gasteiger charge is -2.44.